The molecule has 2 heterocycles. The second-order valence-corrected chi connectivity index (χ2v) is 11.2. The van der Waals surface area contributed by atoms with E-state index in [0.29, 0.717) is 24.0 Å². The van der Waals surface area contributed by atoms with E-state index in [4.69, 9.17) is 9.40 Å². The molecule has 0 bridgehead atoms. The monoisotopic (exact) mass is 525 g/mol. The first kappa shape index (κ1) is 24.7. The van der Waals surface area contributed by atoms with Crippen LogP contribution in [-0.4, -0.2) is 27.8 Å². The van der Waals surface area contributed by atoms with Gasteiger partial charge in [0.2, 0.25) is 5.91 Å². The number of nitrogens with zero attached hydrogens (tertiary/aromatic N) is 2. The minimum Gasteiger partial charge on any atom is -0.467 e. The fourth-order valence-corrected chi connectivity index (χ4v) is 6.85. The summed E-state index contributed by atoms with van der Waals surface area (Å²) in [7, 11) is 0. The molecule has 0 aliphatic heterocycles. The van der Waals surface area contributed by atoms with E-state index < -0.39 is 0 Å². The van der Waals surface area contributed by atoms with Crippen LogP contribution in [0.3, 0.4) is 0 Å². The highest BCUT2D eigenvalue weighted by Gasteiger charge is 2.44. The molecule has 6 nitrogen and oxygen atoms in total. The molecule has 1 spiro atoms. The number of benzene rings is 2. The number of thioether (sulfide) groups is 1. The molecule has 6 rings (SSSR count). The predicted molar refractivity (Wildman–Crippen MR) is 149 cm³/mol. The van der Waals surface area contributed by atoms with Crippen LogP contribution in [0, 0.1) is 0 Å². The molecule has 2 aliphatic carbocycles. The van der Waals surface area contributed by atoms with Crippen molar-refractivity contribution in [2.24, 2.45) is 0 Å². The summed E-state index contributed by atoms with van der Waals surface area (Å²) in [6.45, 7) is 0.859. The second-order valence-electron chi connectivity index (χ2n) is 10.3. The molecule has 1 N–H and O–H groups in total. The number of hydrogen-bond acceptors (Lipinski definition) is 5. The van der Waals surface area contributed by atoms with Gasteiger partial charge in [-0.15, -0.1) is 0 Å². The van der Waals surface area contributed by atoms with E-state index in [2.05, 4.69) is 35.6 Å². The lowest BCUT2D eigenvalue weighted by Gasteiger charge is -2.36. The Morgan fingerprint density at radius 3 is 2.61 bits per heavy atom. The first-order valence-corrected chi connectivity index (χ1v) is 14.3. The number of carbonyl (C=O) groups excluding carboxylic acids is 1. The summed E-state index contributed by atoms with van der Waals surface area (Å²) >= 11 is 1.31. The molecule has 2 aliphatic rings. The molecule has 2 aromatic heterocycles. The Balaban J connectivity index is 1.32. The Hall–Kier alpha value is -3.58. The maximum atomic E-state index is 14.3. The fourth-order valence-electron chi connectivity index (χ4n) is 6.02. The SMILES string of the molecule is O=C(CSc1nc2c(c(=O)n1Cc1ccco1)C1(CCCC1)Cc1ccccc1-2)NCCc1ccccc1. The number of fused-ring (bicyclic) bond motifs is 4. The van der Waals surface area contributed by atoms with Gasteiger partial charge >= 0.3 is 0 Å². The van der Waals surface area contributed by atoms with E-state index in [-0.39, 0.29) is 22.6 Å². The zero-order valence-corrected chi connectivity index (χ0v) is 22.1. The van der Waals surface area contributed by atoms with Gasteiger partial charge in [-0.2, -0.15) is 0 Å². The quantitative estimate of drug-likeness (QED) is 0.247. The standard InChI is InChI=1S/C31H31N3O3S/c35-26(32-17-14-22-9-2-1-3-10-22)21-38-30-33-28-25-13-5-4-11-23(25)19-31(15-6-7-16-31)27(28)29(36)34(30)20-24-12-8-18-37-24/h1-5,8-13,18H,6-7,14-17,19-21H2,(H,32,35). The van der Waals surface area contributed by atoms with Crippen molar-refractivity contribution in [2.75, 3.05) is 12.3 Å². The number of carbonyl (C=O) groups is 1. The van der Waals surface area contributed by atoms with Crippen molar-refractivity contribution >= 4 is 17.7 Å². The summed E-state index contributed by atoms with van der Waals surface area (Å²) in [4.78, 5) is 32.1. The van der Waals surface area contributed by atoms with Crippen LogP contribution in [0.4, 0.5) is 0 Å². The number of amides is 1. The first-order chi connectivity index (χ1) is 18.6. The molecule has 0 saturated heterocycles. The van der Waals surface area contributed by atoms with E-state index in [0.717, 1.165) is 55.3 Å². The topological polar surface area (TPSA) is 77.1 Å². The van der Waals surface area contributed by atoms with Crippen molar-refractivity contribution in [1.82, 2.24) is 14.9 Å². The molecule has 0 atom stereocenters. The fraction of sp³-hybridized carbons (Fsp3) is 0.323. The normalized spacial score (nSPS) is 15.3. The third-order valence-electron chi connectivity index (χ3n) is 7.83. The third-order valence-corrected chi connectivity index (χ3v) is 8.81. The highest BCUT2D eigenvalue weighted by molar-refractivity contribution is 7.99. The average Bonchev–Trinajstić information content (AvgIpc) is 3.62. The Morgan fingerprint density at radius 1 is 1.03 bits per heavy atom. The van der Waals surface area contributed by atoms with Gasteiger partial charge in [0.1, 0.15) is 5.76 Å². The smallest absolute Gasteiger partial charge is 0.258 e. The Labute approximate surface area is 226 Å². The van der Waals surface area contributed by atoms with Crippen LogP contribution in [0.1, 0.15) is 48.1 Å². The van der Waals surface area contributed by atoms with E-state index >= 15 is 0 Å². The van der Waals surface area contributed by atoms with Gasteiger partial charge in [-0.1, -0.05) is 79.2 Å². The molecule has 1 fully saturated rings. The first-order valence-electron chi connectivity index (χ1n) is 13.3. The Kier molecular flexibility index (Phi) is 6.94. The van der Waals surface area contributed by atoms with Crippen molar-refractivity contribution in [3.8, 4) is 11.3 Å². The molecule has 2 aromatic carbocycles. The lowest BCUT2D eigenvalue weighted by Crippen LogP contribution is -2.40. The van der Waals surface area contributed by atoms with Gasteiger partial charge in [0.15, 0.2) is 5.16 Å². The molecule has 0 unspecified atom stereocenters. The van der Waals surface area contributed by atoms with Gasteiger partial charge in [0.25, 0.3) is 5.56 Å². The van der Waals surface area contributed by atoms with Gasteiger partial charge in [-0.3, -0.25) is 14.2 Å². The minimum atomic E-state index is -0.170. The zero-order chi connectivity index (χ0) is 26.0. The minimum absolute atomic E-state index is 0.00483. The summed E-state index contributed by atoms with van der Waals surface area (Å²) in [6, 6.07) is 22.1. The molecule has 7 heteroatoms. The van der Waals surface area contributed by atoms with Crippen molar-refractivity contribution in [1.29, 1.82) is 0 Å². The second kappa shape index (κ2) is 10.7. The molecule has 1 amide bonds. The highest BCUT2D eigenvalue weighted by Crippen LogP contribution is 2.50. The van der Waals surface area contributed by atoms with Crippen molar-refractivity contribution in [2.45, 2.75) is 55.6 Å². The summed E-state index contributed by atoms with van der Waals surface area (Å²) in [5.74, 6) is 0.806. The van der Waals surface area contributed by atoms with Crippen LogP contribution in [0.2, 0.25) is 0 Å². The summed E-state index contributed by atoms with van der Waals surface area (Å²) in [5, 5.41) is 3.55. The Bertz CT molecular complexity index is 1490. The molecule has 194 valence electrons. The molecule has 4 aromatic rings. The van der Waals surface area contributed by atoms with E-state index in [9.17, 15) is 9.59 Å². The van der Waals surface area contributed by atoms with Gasteiger partial charge in [-0.25, -0.2) is 4.98 Å². The number of aromatic nitrogens is 2. The van der Waals surface area contributed by atoms with Gasteiger partial charge in [0.05, 0.1) is 29.8 Å². The van der Waals surface area contributed by atoms with Gasteiger partial charge in [0, 0.05) is 17.5 Å². The van der Waals surface area contributed by atoms with Crippen molar-refractivity contribution in [3.05, 3.63) is 106 Å². The third kappa shape index (κ3) is 4.83. The highest BCUT2D eigenvalue weighted by atomic mass is 32.2. The molecular formula is C31H31N3O3S. The van der Waals surface area contributed by atoms with Crippen LogP contribution in [-0.2, 0) is 29.6 Å². The molecular weight excluding hydrogens is 494 g/mol. The number of furan rings is 1. The van der Waals surface area contributed by atoms with E-state index in [1.54, 1.807) is 10.8 Å². The number of nitrogens with one attached hydrogen (secondary N) is 1. The van der Waals surface area contributed by atoms with Gasteiger partial charge in [-0.05, 0) is 48.9 Å². The Morgan fingerprint density at radius 2 is 1.82 bits per heavy atom. The van der Waals surface area contributed by atoms with Crippen LogP contribution < -0.4 is 10.9 Å². The largest absolute Gasteiger partial charge is 0.467 e. The maximum Gasteiger partial charge on any atom is 0.258 e. The van der Waals surface area contributed by atoms with Crippen LogP contribution in [0.25, 0.3) is 11.3 Å². The zero-order valence-electron chi connectivity index (χ0n) is 21.3. The van der Waals surface area contributed by atoms with Gasteiger partial charge < -0.3 is 9.73 Å². The maximum absolute atomic E-state index is 14.3. The summed E-state index contributed by atoms with van der Waals surface area (Å²) < 4.78 is 7.33. The van der Waals surface area contributed by atoms with E-state index in [1.807, 2.05) is 36.4 Å². The lowest BCUT2D eigenvalue weighted by atomic mass is 9.68. The number of hydrogen-bond donors (Lipinski definition) is 1. The molecule has 0 radical (unpaired) electrons. The average molecular weight is 526 g/mol. The van der Waals surface area contributed by atoms with Crippen LogP contribution >= 0.6 is 11.8 Å². The van der Waals surface area contributed by atoms with Crippen LogP contribution in [0.15, 0.2) is 87.4 Å². The van der Waals surface area contributed by atoms with Crippen molar-refractivity contribution < 1.29 is 9.21 Å². The predicted octanol–water partition coefficient (Wildman–Crippen LogP) is 5.37. The molecule has 1 saturated carbocycles. The van der Waals surface area contributed by atoms with E-state index in [1.165, 1.54) is 22.9 Å². The van der Waals surface area contributed by atoms with Crippen LogP contribution in [0.5, 0.6) is 0 Å². The summed E-state index contributed by atoms with van der Waals surface area (Å²) in [5.41, 5.74) is 4.94. The summed E-state index contributed by atoms with van der Waals surface area (Å²) in [6.07, 6.45) is 7.52. The van der Waals surface area contributed by atoms with Crippen molar-refractivity contribution in [3.63, 3.8) is 0 Å². The lowest BCUT2D eigenvalue weighted by molar-refractivity contribution is -0.118. The molecule has 38 heavy (non-hydrogen) atoms. The number of rotatable bonds is 8.